The van der Waals surface area contributed by atoms with Crippen LogP contribution >= 0.6 is 12.2 Å². The lowest BCUT2D eigenvalue weighted by Crippen LogP contribution is -2.12. The number of ether oxygens (including phenoxy) is 1. The number of nitriles is 1. The van der Waals surface area contributed by atoms with Crippen LogP contribution in [0.2, 0.25) is 0 Å². The van der Waals surface area contributed by atoms with Crippen molar-refractivity contribution in [1.82, 2.24) is 0 Å². The Morgan fingerprint density at radius 2 is 1.96 bits per heavy atom. The van der Waals surface area contributed by atoms with Gasteiger partial charge >= 0.3 is 10.1 Å². The van der Waals surface area contributed by atoms with E-state index in [9.17, 15) is 18.5 Å². The second kappa shape index (κ2) is 8.47. The number of thiocarbonyl (C=S) groups is 1. The largest absolute Gasteiger partial charge is 0.493 e. The van der Waals surface area contributed by atoms with E-state index < -0.39 is 25.6 Å². The van der Waals surface area contributed by atoms with Gasteiger partial charge in [0.2, 0.25) is 0 Å². The molecule has 2 N–H and O–H groups in total. The molecule has 144 valence electrons. The third-order valence-corrected chi connectivity index (χ3v) is 4.92. The minimum atomic E-state index is -4.51. The predicted molar refractivity (Wildman–Crippen MR) is 104 cm³/mol. The topological polar surface area (TPSA) is 146 Å². The van der Waals surface area contributed by atoms with Crippen LogP contribution in [0.3, 0.4) is 0 Å². The molecule has 0 spiro atoms. The summed E-state index contributed by atoms with van der Waals surface area (Å²) in [5, 5.41) is 20.1. The lowest BCUT2D eigenvalue weighted by Gasteiger charge is -2.11. The van der Waals surface area contributed by atoms with Gasteiger partial charge in [-0.15, -0.1) is 0 Å². The monoisotopic (exact) mass is 419 g/mol. The van der Waals surface area contributed by atoms with Gasteiger partial charge in [0.05, 0.1) is 17.6 Å². The molecule has 0 bridgehead atoms. The summed E-state index contributed by atoms with van der Waals surface area (Å²) in [6, 6.07) is 10.8. The highest BCUT2D eigenvalue weighted by Gasteiger charge is 2.28. The maximum Gasteiger partial charge on any atom is 0.346 e. The third kappa shape index (κ3) is 4.61. The summed E-state index contributed by atoms with van der Waals surface area (Å²) in [6.07, 6.45) is 1.39. The van der Waals surface area contributed by atoms with Gasteiger partial charge in [0.25, 0.3) is 5.69 Å². The van der Waals surface area contributed by atoms with Crippen molar-refractivity contribution in [3.8, 4) is 17.6 Å². The van der Waals surface area contributed by atoms with E-state index in [4.69, 9.17) is 32.1 Å². The Hall–Kier alpha value is -3.49. The molecule has 0 amide bonds. The lowest BCUT2D eigenvalue weighted by molar-refractivity contribution is -0.387. The molecule has 0 aromatic heterocycles. The Kier molecular flexibility index (Phi) is 6.29. The zero-order chi connectivity index (χ0) is 20.9. The number of nitrogens with two attached hydrogens (primary N) is 1. The lowest BCUT2D eigenvalue weighted by atomic mass is 10.1. The highest BCUT2D eigenvalue weighted by Crippen LogP contribution is 2.33. The third-order valence-electron chi connectivity index (χ3n) is 3.42. The highest BCUT2D eigenvalue weighted by atomic mass is 32.2. The van der Waals surface area contributed by atoms with Gasteiger partial charge in [-0.3, -0.25) is 10.1 Å². The van der Waals surface area contributed by atoms with Crippen LogP contribution < -0.4 is 14.7 Å². The molecule has 2 aromatic rings. The van der Waals surface area contributed by atoms with Crippen molar-refractivity contribution < 1.29 is 22.3 Å². The first-order valence-electron chi connectivity index (χ1n) is 7.47. The van der Waals surface area contributed by atoms with Crippen LogP contribution in [-0.2, 0) is 10.1 Å². The van der Waals surface area contributed by atoms with Crippen molar-refractivity contribution in [2.75, 3.05) is 7.11 Å². The van der Waals surface area contributed by atoms with Gasteiger partial charge in [-0.05, 0) is 29.8 Å². The molecule has 0 heterocycles. The summed E-state index contributed by atoms with van der Waals surface area (Å²) in [4.78, 5) is 9.58. The average molecular weight is 419 g/mol. The van der Waals surface area contributed by atoms with E-state index in [-0.39, 0.29) is 22.1 Å². The van der Waals surface area contributed by atoms with Crippen molar-refractivity contribution in [2.45, 2.75) is 4.90 Å². The molecule has 0 atom stereocenters. The van der Waals surface area contributed by atoms with E-state index in [1.54, 1.807) is 0 Å². The molecule has 9 nitrogen and oxygen atoms in total. The zero-order valence-corrected chi connectivity index (χ0v) is 16.0. The molecule has 0 aliphatic carbocycles. The molecule has 0 aliphatic heterocycles. The Labute approximate surface area is 165 Å². The first-order chi connectivity index (χ1) is 13.2. The van der Waals surface area contributed by atoms with Crippen LogP contribution in [0.4, 0.5) is 5.69 Å². The summed E-state index contributed by atoms with van der Waals surface area (Å²) < 4.78 is 35.2. The molecule has 0 aliphatic rings. The van der Waals surface area contributed by atoms with E-state index in [0.717, 1.165) is 12.1 Å². The van der Waals surface area contributed by atoms with Gasteiger partial charge in [0, 0.05) is 6.07 Å². The van der Waals surface area contributed by atoms with Crippen molar-refractivity contribution in [1.29, 1.82) is 5.26 Å². The van der Waals surface area contributed by atoms with Gasteiger partial charge in [-0.1, -0.05) is 30.4 Å². The first-order valence-corrected chi connectivity index (χ1v) is 9.29. The summed E-state index contributed by atoms with van der Waals surface area (Å²) in [6.45, 7) is 0. The fourth-order valence-corrected chi connectivity index (χ4v) is 3.36. The van der Waals surface area contributed by atoms with Crippen LogP contribution in [0.1, 0.15) is 5.56 Å². The minimum absolute atomic E-state index is 0.0242. The van der Waals surface area contributed by atoms with E-state index >= 15 is 0 Å². The summed E-state index contributed by atoms with van der Waals surface area (Å²) in [7, 11) is -3.22. The smallest absolute Gasteiger partial charge is 0.346 e. The van der Waals surface area contributed by atoms with Gasteiger partial charge < -0.3 is 14.7 Å². The van der Waals surface area contributed by atoms with Crippen LogP contribution in [0.15, 0.2) is 52.9 Å². The van der Waals surface area contributed by atoms with E-state index in [2.05, 4.69) is 0 Å². The number of benzene rings is 2. The second-order valence-corrected chi connectivity index (χ2v) is 7.16. The van der Waals surface area contributed by atoms with E-state index in [1.165, 1.54) is 43.5 Å². The normalized spacial score (nSPS) is 11.4. The van der Waals surface area contributed by atoms with Crippen molar-refractivity contribution in [3.05, 3.63) is 63.7 Å². The molecular formula is C17H13N3O6S2. The summed E-state index contributed by atoms with van der Waals surface area (Å²) in [5.41, 5.74) is 5.33. The van der Waals surface area contributed by atoms with Crippen LogP contribution in [0.5, 0.6) is 11.5 Å². The number of rotatable bonds is 7. The number of hydrogen-bond donors (Lipinski definition) is 1. The fraction of sp³-hybridized carbons (Fsp3) is 0.0588. The van der Waals surface area contributed by atoms with Crippen molar-refractivity contribution in [3.63, 3.8) is 0 Å². The summed E-state index contributed by atoms with van der Waals surface area (Å²) >= 11 is 4.76. The fourth-order valence-electron chi connectivity index (χ4n) is 2.15. The van der Waals surface area contributed by atoms with Gasteiger partial charge in [0.1, 0.15) is 11.1 Å². The maximum absolute atomic E-state index is 12.5. The van der Waals surface area contributed by atoms with E-state index in [0.29, 0.717) is 5.56 Å². The molecule has 28 heavy (non-hydrogen) atoms. The molecule has 0 fully saturated rings. The van der Waals surface area contributed by atoms with Crippen molar-refractivity contribution >= 4 is 39.1 Å². The SMILES string of the molecule is COc1cc(/C=C(/C#N)C(N)=S)ccc1OS(=O)(=O)c1ccccc1[N+](=O)[O-]. The molecule has 11 heteroatoms. The Morgan fingerprint density at radius 3 is 2.54 bits per heavy atom. The number of nitrogens with zero attached hydrogens (tertiary/aromatic N) is 2. The maximum atomic E-state index is 12.5. The molecule has 2 aromatic carbocycles. The predicted octanol–water partition coefficient (Wildman–Crippen LogP) is 2.56. The standard InChI is InChI=1S/C17H13N3O6S2/c1-25-15-9-11(8-12(10-18)17(19)27)6-7-14(15)26-28(23,24)16-5-3-2-4-13(16)20(21)22/h2-9H,1H3,(H2,19,27)/b12-8-. The van der Waals surface area contributed by atoms with Crippen molar-refractivity contribution in [2.24, 2.45) is 5.73 Å². The number of methoxy groups -OCH3 is 1. The van der Waals surface area contributed by atoms with Gasteiger partial charge in [-0.2, -0.15) is 13.7 Å². The average Bonchev–Trinajstić information content (AvgIpc) is 2.66. The Balaban J connectivity index is 2.46. The van der Waals surface area contributed by atoms with Crippen LogP contribution in [-0.4, -0.2) is 25.4 Å². The molecule has 2 rings (SSSR count). The second-order valence-electron chi connectivity index (χ2n) is 5.21. The Morgan fingerprint density at radius 1 is 1.29 bits per heavy atom. The minimum Gasteiger partial charge on any atom is -0.493 e. The molecule has 0 radical (unpaired) electrons. The molecular weight excluding hydrogens is 406 g/mol. The van der Waals surface area contributed by atoms with Gasteiger partial charge in [0.15, 0.2) is 16.4 Å². The molecule has 0 saturated carbocycles. The summed E-state index contributed by atoms with van der Waals surface area (Å²) in [5.74, 6) is -0.164. The number of para-hydroxylation sites is 1. The quantitative estimate of drug-likeness (QED) is 0.179. The molecule has 0 saturated heterocycles. The van der Waals surface area contributed by atoms with Crippen LogP contribution in [0, 0.1) is 21.4 Å². The molecule has 0 unspecified atom stereocenters. The van der Waals surface area contributed by atoms with Gasteiger partial charge in [-0.25, -0.2) is 0 Å². The zero-order valence-electron chi connectivity index (χ0n) is 14.4. The Bertz CT molecular complexity index is 1120. The number of nitro groups is 1. The number of hydrogen-bond acceptors (Lipinski definition) is 8. The highest BCUT2D eigenvalue weighted by molar-refractivity contribution is 7.87. The van der Waals surface area contributed by atoms with E-state index in [1.807, 2.05) is 6.07 Å². The first kappa shape index (κ1) is 20.8. The number of nitro benzene ring substituents is 1. The van der Waals surface area contributed by atoms with Crippen LogP contribution in [0.25, 0.3) is 6.08 Å².